The molecule has 2 aliphatic rings. The second-order valence-corrected chi connectivity index (χ2v) is 10.5. The van der Waals surface area contributed by atoms with E-state index in [4.69, 9.17) is 37.9 Å². The number of allylic oxidation sites excluding steroid dienone is 1. The van der Waals surface area contributed by atoms with E-state index < -0.39 is 11.5 Å². The standard InChI is InChI=1S/C34H39NO10/c1-6-14-42-31-22(9-7-13-35(37)33(36)23-10-11-26-27(17-23)44-21-43-26)16-24(18-28(31)38-2)34(12-8-15-45-34)25-19-29(39-3)32(41-5)30(20-25)40-4/h7,10-11,13,16-20,37H,6,8-9,12,14-15,21H2,1-5H3/b13-7+. The highest BCUT2D eigenvalue weighted by Gasteiger charge is 2.41. The van der Waals surface area contributed by atoms with Crippen molar-refractivity contribution in [3.63, 3.8) is 0 Å². The molecule has 2 heterocycles. The lowest BCUT2D eigenvalue weighted by Crippen LogP contribution is -2.27. The van der Waals surface area contributed by atoms with Gasteiger partial charge < -0.3 is 37.9 Å². The summed E-state index contributed by atoms with van der Waals surface area (Å²) < 4.78 is 46.1. The van der Waals surface area contributed by atoms with Crippen molar-refractivity contribution in [2.24, 2.45) is 0 Å². The third-order valence-corrected chi connectivity index (χ3v) is 7.83. The van der Waals surface area contributed by atoms with Gasteiger partial charge in [0.05, 0.1) is 35.0 Å². The Labute approximate surface area is 262 Å². The predicted octanol–water partition coefficient (Wildman–Crippen LogP) is 5.88. The van der Waals surface area contributed by atoms with Crippen molar-refractivity contribution >= 4 is 5.91 Å². The molecule has 1 amide bonds. The zero-order valence-corrected chi connectivity index (χ0v) is 26.2. The molecule has 11 nitrogen and oxygen atoms in total. The summed E-state index contributed by atoms with van der Waals surface area (Å²) in [7, 11) is 6.33. The molecular weight excluding hydrogens is 582 g/mol. The van der Waals surface area contributed by atoms with Gasteiger partial charge in [-0.2, -0.15) is 5.06 Å². The quantitative estimate of drug-likeness (QED) is 0.183. The first-order valence-corrected chi connectivity index (χ1v) is 14.8. The molecule has 5 rings (SSSR count). The minimum Gasteiger partial charge on any atom is -0.493 e. The number of benzene rings is 3. The van der Waals surface area contributed by atoms with Crippen molar-refractivity contribution in [1.82, 2.24) is 5.06 Å². The number of carbonyl (C=O) groups is 1. The zero-order chi connectivity index (χ0) is 32.0. The number of hydrogen-bond donors (Lipinski definition) is 1. The van der Waals surface area contributed by atoms with Gasteiger partial charge in [0.1, 0.15) is 5.60 Å². The van der Waals surface area contributed by atoms with Gasteiger partial charge in [0.25, 0.3) is 5.91 Å². The summed E-state index contributed by atoms with van der Waals surface area (Å²) in [6, 6.07) is 12.5. The number of ether oxygens (including phenoxy) is 8. The van der Waals surface area contributed by atoms with E-state index in [1.807, 2.05) is 31.2 Å². The van der Waals surface area contributed by atoms with Crippen LogP contribution in [0.2, 0.25) is 0 Å². The topological polar surface area (TPSA) is 114 Å². The van der Waals surface area contributed by atoms with E-state index >= 15 is 0 Å². The van der Waals surface area contributed by atoms with Crippen LogP contribution in [0.5, 0.6) is 40.2 Å². The Morgan fingerprint density at radius 1 is 0.911 bits per heavy atom. The number of nitrogens with zero attached hydrogens (tertiary/aromatic N) is 1. The molecule has 0 bridgehead atoms. The zero-order valence-electron chi connectivity index (χ0n) is 26.2. The molecule has 240 valence electrons. The minimum atomic E-state index is -0.833. The van der Waals surface area contributed by atoms with Crippen LogP contribution in [-0.4, -0.2) is 64.6 Å². The molecule has 11 heteroatoms. The number of carbonyl (C=O) groups excluding carboxylic acids is 1. The van der Waals surface area contributed by atoms with Crippen molar-refractivity contribution in [2.75, 3.05) is 48.4 Å². The van der Waals surface area contributed by atoms with Crippen molar-refractivity contribution in [1.29, 1.82) is 0 Å². The van der Waals surface area contributed by atoms with E-state index in [-0.39, 0.29) is 12.4 Å². The molecule has 3 aromatic rings. The van der Waals surface area contributed by atoms with Gasteiger partial charge in [-0.15, -0.1) is 0 Å². The van der Waals surface area contributed by atoms with E-state index in [0.717, 1.165) is 29.5 Å². The lowest BCUT2D eigenvalue weighted by Gasteiger charge is -2.32. The summed E-state index contributed by atoms with van der Waals surface area (Å²) in [5, 5.41) is 11.1. The third kappa shape index (κ3) is 6.31. The Balaban J connectivity index is 1.51. The third-order valence-electron chi connectivity index (χ3n) is 7.83. The summed E-state index contributed by atoms with van der Waals surface area (Å²) in [6.45, 7) is 3.16. The number of hydrogen-bond acceptors (Lipinski definition) is 10. The number of methoxy groups -OCH3 is 4. The maximum Gasteiger partial charge on any atom is 0.281 e. The molecule has 3 aromatic carbocycles. The van der Waals surface area contributed by atoms with Crippen LogP contribution in [-0.2, 0) is 16.8 Å². The number of hydroxylamine groups is 2. The maximum atomic E-state index is 12.9. The molecule has 1 N–H and O–H groups in total. The molecule has 0 radical (unpaired) electrons. The fraction of sp³-hybridized carbons (Fsp3) is 0.382. The van der Waals surface area contributed by atoms with Crippen molar-refractivity contribution in [3.05, 3.63) is 77.0 Å². The molecule has 0 saturated carbocycles. The molecule has 45 heavy (non-hydrogen) atoms. The van der Waals surface area contributed by atoms with Gasteiger partial charge in [0.2, 0.25) is 12.5 Å². The number of rotatable bonds is 13. The second kappa shape index (κ2) is 14.0. The van der Waals surface area contributed by atoms with Gasteiger partial charge >= 0.3 is 0 Å². The molecule has 1 saturated heterocycles. The smallest absolute Gasteiger partial charge is 0.281 e. The van der Waals surface area contributed by atoms with Gasteiger partial charge in [-0.1, -0.05) is 13.0 Å². The number of amides is 1. The first-order chi connectivity index (χ1) is 21.9. The maximum absolute atomic E-state index is 12.9. The van der Waals surface area contributed by atoms with E-state index in [9.17, 15) is 10.0 Å². The van der Waals surface area contributed by atoms with E-state index in [0.29, 0.717) is 71.4 Å². The van der Waals surface area contributed by atoms with Gasteiger partial charge in [0, 0.05) is 23.9 Å². The fourth-order valence-electron chi connectivity index (χ4n) is 5.65. The van der Waals surface area contributed by atoms with Crippen LogP contribution in [0, 0.1) is 0 Å². The van der Waals surface area contributed by atoms with Crippen molar-refractivity contribution in [2.45, 2.75) is 38.2 Å². The largest absolute Gasteiger partial charge is 0.493 e. The van der Waals surface area contributed by atoms with Gasteiger partial charge in [-0.25, -0.2) is 0 Å². The average Bonchev–Trinajstić information content (AvgIpc) is 3.76. The van der Waals surface area contributed by atoms with Gasteiger partial charge in [0.15, 0.2) is 34.5 Å². The predicted molar refractivity (Wildman–Crippen MR) is 164 cm³/mol. The van der Waals surface area contributed by atoms with Crippen molar-refractivity contribution < 1.29 is 47.9 Å². The van der Waals surface area contributed by atoms with E-state index in [1.165, 1.54) is 12.3 Å². The Kier molecular flexibility index (Phi) is 9.90. The molecule has 1 atom stereocenters. The summed E-state index contributed by atoms with van der Waals surface area (Å²) in [6.07, 6.45) is 5.66. The second-order valence-electron chi connectivity index (χ2n) is 10.5. The normalized spacial score (nSPS) is 16.9. The summed E-state index contributed by atoms with van der Waals surface area (Å²) in [5.41, 5.74) is 1.92. The minimum absolute atomic E-state index is 0.0898. The summed E-state index contributed by atoms with van der Waals surface area (Å²) in [4.78, 5) is 12.9. The first-order valence-electron chi connectivity index (χ1n) is 14.8. The highest BCUT2D eigenvalue weighted by Crippen LogP contribution is 2.50. The Morgan fingerprint density at radius 2 is 1.58 bits per heavy atom. The first kappa shape index (κ1) is 31.8. The van der Waals surface area contributed by atoms with E-state index in [1.54, 1.807) is 46.6 Å². The SMILES string of the molecule is CCCOc1c(C/C=C/N(O)C(=O)c2ccc3c(c2)OCO3)cc(C2(c3cc(OC)c(OC)c(OC)c3)CCCO2)cc1OC. The molecule has 0 spiro atoms. The lowest BCUT2D eigenvalue weighted by atomic mass is 9.82. The van der Waals surface area contributed by atoms with Crippen molar-refractivity contribution in [3.8, 4) is 40.2 Å². The fourth-order valence-corrected chi connectivity index (χ4v) is 5.65. The van der Waals surface area contributed by atoms with Crippen LogP contribution >= 0.6 is 0 Å². The van der Waals surface area contributed by atoms with E-state index in [2.05, 4.69) is 0 Å². The Hall–Kier alpha value is -4.61. The summed E-state index contributed by atoms with van der Waals surface area (Å²) >= 11 is 0. The number of fused-ring (bicyclic) bond motifs is 1. The van der Waals surface area contributed by atoms with Crippen LogP contribution in [0.4, 0.5) is 0 Å². The van der Waals surface area contributed by atoms with Crippen LogP contribution in [0.25, 0.3) is 0 Å². The van der Waals surface area contributed by atoms with Gasteiger partial charge in [-0.3, -0.25) is 10.0 Å². The monoisotopic (exact) mass is 621 g/mol. The van der Waals surface area contributed by atoms with Crippen LogP contribution in [0.3, 0.4) is 0 Å². The van der Waals surface area contributed by atoms with Gasteiger partial charge in [-0.05, 0) is 79.3 Å². The Bertz CT molecular complexity index is 1520. The molecular formula is C34H39NO10. The lowest BCUT2D eigenvalue weighted by molar-refractivity contribution is -0.0204. The molecule has 0 aromatic heterocycles. The van der Waals surface area contributed by atoms with Crippen LogP contribution in [0.1, 0.15) is 53.2 Å². The molecule has 1 fully saturated rings. The van der Waals surface area contributed by atoms with Crippen LogP contribution in [0.15, 0.2) is 54.7 Å². The van der Waals surface area contributed by atoms with Crippen LogP contribution < -0.4 is 33.2 Å². The summed E-state index contributed by atoms with van der Waals surface area (Å²) in [5.74, 6) is 3.06. The molecule has 2 aliphatic heterocycles. The Morgan fingerprint density at radius 3 is 2.20 bits per heavy atom. The molecule has 1 unspecified atom stereocenters. The molecule has 0 aliphatic carbocycles. The average molecular weight is 622 g/mol. The highest BCUT2D eigenvalue weighted by atomic mass is 16.7. The highest BCUT2D eigenvalue weighted by molar-refractivity contribution is 5.94.